The number of halogens is 1. The SMILES string of the molecule is C#Cc1ccc(C(C)(C)c2cnc3c(c2)ncn3CCCl)cc1. The molecular weight excluding hydrogens is 306 g/mol. The summed E-state index contributed by atoms with van der Waals surface area (Å²) in [4.78, 5) is 9.04. The van der Waals surface area contributed by atoms with Crippen LogP contribution in [0.25, 0.3) is 11.2 Å². The standard InChI is InChI=1S/C19H18ClN3/c1-4-14-5-7-15(8-6-14)19(2,3)16-11-17-18(21-12-16)23(10-9-20)13-22-17/h1,5-8,11-13H,9-10H2,2-3H3. The van der Waals surface area contributed by atoms with Crippen LogP contribution in [0.2, 0.25) is 0 Å². The van der Waals surface area contributed by atoms with E-state index in [1.165, 1.54) is 5.56 Å². The number of hydrogen-bond donors (Lipinski definition) is 0. The minimum Gasteiger partial charge on any atom is -0.314 e. The largest absolute Gasteiger partial charge is 0.314 e. The molecule has 0 saturated carbocycles. The molecule has 0 aliphatic rings. The summed E-state index contributed by atoms with van der Waals surface area (Å²) in [6.45, 7) is 5.06. The van der Waals surface area contributed by atoms with E-state index in [0.29, 0.717) is 12.4 Å². The van der Waals surface area contributed by atoms with Crippen LogP contribution in [0.4, 0.5) is 0 Å². The molecule has 0 saturated heterocycles. The van der Waals surface area contributed by atoms with Crippen LogP contribution in [0, 0.1) is 12.3 Å². The fourth-order valence-corrected chi connectivity index (χ4v) is 2.88. The number of rotatable bonds is 4. The number of pyridine rings is 1. The fourth-order valence-electron chi connectivity index (χ4n) is 2.70. The number of aromatic nitrogens is 3. The molecule has 3 nitrogen and oxygen atoms in total. The van der Waals surface area contributed by atoms with E-state index >= 15 is 0 Å². The monoisotopic (exact) mass is 323 g/mol. The highest BCUT2D eigenvalue weighted by atomic mass is 35.5. The van der Waals surface area contributed by atoms with E-state index in [9.17, 15) is 0 Å². The molecule has 23 heavy (non-hydrogen) atoms. The highest BCUT2D eigenvalue weighted by Gasteiger charge is 2.24. The topological polar surface area (TPSA) is 30.7 Å². The van der Waals surface area contributed by atoms with Gasteiger partial charge >= 0.3 is 0 Å². The van der Waals surface area contributed by atoms with E-state index in [0.717, 1.165) is 22.3 Å². The second-order valence-electron chi connectivity index (χ2n) is 6.04. The van der Waals surface area contributed by atoms with Crippen molar-refractivity contribution in [3.63, 3.8) is 0 Å². The molecule has 0 unspecified atom stereocenters. The van der Waals surface area contributed by atoms with Crippen LogP contribution >= 0.6 is 11.6 Å². The second kappa shape index (κ2) is 6.06. The average molecular weight is 324 g/mol. The van der Waals surface area contributed by atoms with Crippen LogP contribution in [0.3, 0.4) is 0 Å². The van der Waals surface area contributed by atoms with Gasteiger partial charge in [-0.05, 0) is 29.3 Å². The number of imidazole rings is 1. The maximum atomic E-state index is 5.81. The molecule has 2 heterocycles. The predicted molar refractivity (Wildman–Crippen MR) is 94.8 cm³/mol. The van der Waals surface area contributed by atoms with Crippen LogP contribution in [0.5, 0.6) is 0 Å². The first-order valence-corrected chi connectivity index (χ1v) is 8.04. The lowest BCUT2D eigenvalue weighted by Crippen LogP contribution is -2.19. The smallest absolute Gasteiger partial charge is 0.159 e. The lowest BCUT2D eigenvalue weighted by atomic mass is 9.78. The Bertz CT molecular complexity index is 870. The highest BCUT2D eigenvalue weighted by Crippen LogP contribution is 2.32. The van der Waals surface area contributed by atoms with Gasteiger partial charge in [0.05, 0.1) is 6.33 Å². The Morgan fingerprint density at radius 2 is 1.91 bits per heavy atom. The Kier molecular flexibility index (Phi) is 4.11. The maximum Gasteiger partial charge on any atom is 0.159 e. The molecule has 0 aliphatic carbocycles. The van der Waals surface area contributed by atoms with E-state index in [2.05, 4.69) is 47.9 Å². The Hall–Kier alpha value is -2.31. The van der Waals surface area contributed by atoms with Gasteiger partial charge in [0.25, 0.3) is 0 Å². The number of nitrogens with zero attached hydrogens (tertiary/aromatic N) is 3. The van der Waals surface area contributed by atoms with E-state index in [-0.39, 0.29) is 5.41 Å². The van der Waals surface area contributed by atoms with Crippen molar-refractivity contribution in [2.24, 2.45) is 0 Å². The Morgan fingerprint density at radius 1 is 1.17 bits per heavy atom. The minimum atomic E-state index is -0.176. The molecule has 2 aromatic heterocycles. The van der Waals surface area contributed by atoms with Crippen molar-refractivity contribution in [3.05, 3.63) is 59.5 Å². The molecule has 3 aromatic rings. The first-order valence-electron chi connectivity index (χ1n) is 7.50. The fraction of sp³-hybridized carbons (Fsp3) is 0.263. The normalized spacial score (nSPS) is 11.6. The van der Waals surface area contributed by atoms with Gasteiger partial charge in [-0.3, -0.25) is 0 Å². The third kappa shape index (κ3) is 2.83. The summed E-state index contributed by atoms with van der Waals surface area (Å²) in [7, 11) is 0. The van der Waals surface area contributed by atoms with Gasteiger partial charge in [-0.2, -0.15) is 0 Å². The summed E-state index contributed by atoms with van der Waals surface area (Å²) in [6.07, 6.45) is 9.14. The van der Waals surface area contributed by atoms with Crippen molar-refractivity contribution in [2.45, 2.75) is 25.8 Å². The zero-order chi connectivity index (χ0) is 16.4. The summed E-state index contributed by atoms with van der Waals surface area (Å²) in [5.74, 6) is 3.19. The summed E-state index contributed by atoms with van der Waals surface area (Å²) >= 11 is 5.81. The number of alkyl halides is 1. The molecule has 0 aliphatic heterocycles. The zero-order valence-corrected chi connectivity index (χ0v) is 14.0. The first-order chi connectivity index (χ1) is 11.1. The zero-order valence-electron chi connectivity index (χ0n) is 13.3. The molecular formula is C19H18ClN3. The first kappa shape index (κ1) is 15.6. The van der Waals surface area contributed by atoms with Gasteiger partial charge in [0.15, 0.2) is 5.65 Å². The number of terminal acetylenes is 1. The second-order valence-corrected chi connectivity index (χ2v) is 6.42. The third-order valence-corrected chi connectivity index (χ3v) is 4.44. The molecule has 0 N–H and O–H groups in total. The van der Waals surface area contributed by atoms with E-state index < -0.39 is 0 Å². The van der Waals surface area contributed by atoms with Crippen LogP contribution in [-0.2, 0) is 12.0 Å². The highest BCUT2D eigenvalue weighted by molar-refractivity contribution is 6.17. The molecule has 116 valence electrons. The molecule has 0 radical (unpaired) electrons. The van der Waals surface area contributed by atoms with Crippen molar-refractivity contribution in [3.8, 4) is 12.3 Å². The van der Waals surface area contributed by atoms with Gasteiger partial charge in [-0.25, -0.2) is 9.97 Å². The van der Waals surface area contributed by atoms with Crippen LogP contribution < -0.4 is 0 Å². The van der Waals surface area contributed by atoms with Gasteiger partial charge in [0, 0.05) is 29.6 Å². The van der Waals surface area contributed by atoms with Crippen LogP contribution in [0.1, 0.15) is 30.5 Å². The van der Waals surface area contributed by atoms with Gasteiger partial charge in [-0.1, -0.05) is 31.9 Å². The number of hydrogen-bond acceptors (Lipinski definition) is 2. The van der Waals surface area contributed by atoms with Crippen molar-refractivity contribution in [2.75, 3.05) is 5.88 Å². The number of benzene rings is 1. The van der Waals surface area contributed by atoms with E-state index in [1.807, 2.05) is 22.9 Å². The molecule has 0 amide bonds. The Morgan fingerprint density at radius 3 is 2.57 bits per heavy atom. The number of aryl methyl sites for hydroxylation is 1. The lowest BCUT2D eigenvalue weighted by molar-refractivity contribution is 0.638. The summed E-state index contributed by atoms with van der Waals surface area (Å²) in [5, 5.41) is 0. The molecule has 0 atom stereocenters. The summed E-state index contributed by atoms with van der Waals surface area (Å²) in [6, 6.07) is 10.2. The molecule has 3 rings (SSSR count). The third-order valence-electron chi connectivity index (χ3n) is 4.28. The van der Waals surface area contributed by atoms with Crippen molar-refractivity contribution in [1.82, 2.24) is 14.5 Å². The lowest BCUT2D eigenvalue weighted by Gasteiger charge is -2.25. The van der Waals surface area contributed by atoms with Crippen molar-refractivity contribution < 1.29 is 0 Å². The summed E-state index contributed by atoms with van der Waals surface area (Å²) in [5.41, 5.74) is 4.78. The van der Waals surface area contributed by atoms with Gasteiger partial charge in [0.1, 0.15) is 5.52 Å². The quantitative estimate of drug-likeness (QED) is 0.537. The van der Waals surface area contributed by atoms with Crippen LogP contribution in [0.15, 0.2) is 42.9 Å². The molecule has 0 fully saturated rings. The van der Waals surface area contributed by atoms with Gasteiger partial charge in [0.2, 0.25) is 0 Å². The van der Waals surface area contributed by atoms with E-state index in [1.54, 1.807) is 6.33 Å². The van der Waals surface area contributed by atoms with Crippen molar-refractivity contribution >= 4 is 22.8 Å². The van der Waals surface area contributed by atoms with Crippen LogP contribution in [-0.4, -0.2) is 20.4 Å². The Balaban J connectivity index is 2.01. The molecule has 4 heteroatoms. The predicted octanol–water partition coefficient (Wildman–Crippen LogP) is 3.98. The summed E-state index contributed by atoms with van der Waals surface area (Å²) < 4.78 is 1.97. The number of fused-ring (bicyclic) bond motifs is 1. The average Bonchev–Trinajstić information content (AvgIpc) is 2.97. The van der Waals surface area contributed by atoms with Gasteiger partial charge in [-0.15, -0.1) is 18.0 Å². The van der Waals surface area contributed by atoms with Crippen molar-refractivity contribution in [1.29, 1.82) is 0 Å². The molecule has 1 aromatic carbocycles. The minimum absolute atomic E-state index is 0.176. The Labute approximate surface area is 141 Å². The molecule has 0 bridgehead atoms. The maximum absolute atomic E-state index is 5.81. The van der Waals surface area contributed by atoms with Gasteiger partial charge < -0.3 is 4.57 Å². The van der Waals surface area contributed by atoms with E-state index in [4.69, 9.17) is 18.0 Å². The molecule has 0 spiro atoms.